The van der Waals surface area contributed by atoms with Crippen LogP contribution in [0.1, 0.15) is 25.0 Å². The third-order valence-corrected chi connectivity index (χ3v) is 4.02. The number of nitrogens with zero attached hydrogens (tertiary/aromatic N) is 1. The summed E-state index contributed by atoms with van der Waals surface area (Å²) < 4.78 is 34.4. The number of hydrogen-bond donors (Lipinski definition) is 0. The Morgan fingerprint density at radius 3 is 2.68 bits per heavy atom. The number of nitro benzene ring substituents is 1. The zero-order valence-electron chi connectivity index (χ0n) is 15.3. The Morgan fingerprint density at radius 2 is 2.00 bits per heavy atom. The number of carbonyl (C=O) groups excluding carboxylic acids is 1. The molecule has 0 saturated carbocycles. The van der Waals surface area contributed by atoms with Crippen LogP contribution in [-0.2, 0) is 27.5 Å². The average Bonchev–Trinajstić information content (AvgIpc) is 2.67. The number of ether oxygens (including phenoxy) is 4. The zero-order chi connectivity index (χ0) is 20.3. The first kappa shape index (κ1) is 19.6. The van der Waals surface area contributed by atoms with Gasteiger partial charge < -0.3 is 18.9 Å². The van der Waals surface area contributed by atoms with Crippen LogP contribution in [0.25, 0.3) is 0 Å². The smallest absolute Gasteiger partial charge is 0.350 e. The zero-order valence-corrected chi connectivity index (χ0v) is 15.3. The standard InChI is InChI=1S/C19H18FNO7/c1-19(2,28-16-5-3-14(20)4-6-16)18(22)26-10-13-8-15(21(23)24)7-12-9-25-11-27-17(12)13/h3-8H,9-11H2,1-2H3. The quantitative estimate of drug-likeness (QED) is 0.422. The van der Waals surface area contributed by atoms with Crippen molar-refractivity contribution in [2.75, 3.05) is 6.79 Å². The highest BCUT2D eigenvalue weighted by Crippen LogP contribution is 2.33. The lowest BCUT2D eigenvalue weighted by molar-refractivity contribution is -0.385. The van der Waals surface area contributed by atoms with Crippen LogP contribution < -0.4 is 9.47 Å². The molecule has 0 unspecified atom stereocenters. The molecule has 0 saturated heterocycles. The lowest BCUT2D eigenvalue weighted by atomic mass is 10.1. The van der Waals surface area contributed by atoms with Crippen LogP contribution in [0.5, 0.6) is 11.5 Å². The summed E-state index contributed by atoms with van der Waals surface area (Å²) in [4.78, 5) is 23.1. The van der Waals surface area contributed by atoms with Crippen molar-refractivity contribution < 1.29 is 33.1 Å². The fraction of sp³-hybridized carbons (Fsp3) is 0.316. The largest absolute Gasteiger partial charge is 0.476 e. The second-order valence-electron chi connectivity index (χ2n) is 6.60. The fourth-order valence-corrected chi connectivity index (χ4v) is 2.65. The summed E-state index contributed by atoms with van der Waals surface area (Å²) in [5.74, 6) is -0.408. The molecule has 148 valence electrons. The fourth-order valence-electron chi connectivity index (χ4n) is 2.65. The van der Waals surface area contributed by atoms with Gasteiger partial charge in [-0.25, -0.2) is 9.18 Å². The minimum absolute atomic E-state index is 0.00489. The summed E-state index contributed by atoms with van der Waals surface area (Å²) in [7, 11) is 0. The third kappa shape index (κ3) is 4.37. The van der Waals surface area contributed by atoms with E-state index in [0.717, 1.165) is 0 Å². The first-order valence-electron chi connectivity index (χ1n) is 8.39. The van der Waals surface area contributed by atoms with Gasteiger partial charge in [-0.1, -0.05) is 0 Å². The molecule has 1 heterocycles. The molecule has 2 aromatic rings. The second kappa shape index (κ2) is 7.81. The Kier molecular flexibility index (Phi) is 5.46. The molecule has 1 aliphatic rings. The molecule has 0 atom stereocenters. The van der Waals surface area contributed by atoms with Crippen LogP contribution in [0.3, 0.4) is 0 Å². The Labute approximate surface area is 159 Å². The topological polar surface area (TPSA) is 97.1 Å². The van der Waals surface area contributed by atoms with Gasteiger partial charge in [0.15, 0.2) is 12.4 Å². The number of rotatable bonds is 6. The van der Waals surface area contributed by atoms with E-state index in [2.05, 4.69) is 0 Å². The molecule has 0 aliphatic carbocycles. The van der Waals surface area contributed by atoms with Crippen LogP contribution in [0.2, 0.25) is 0 Å². The molecule has 0 fully saturated rings. The number of non-ortho nitro benzene ring substituents is 1. The molecule has 8 nitrogen and oxygen atoms in total. The molecule has 0 N–H and O–H groups in total. The van der Waals surface area contributed by atoms with Gasteiger partial charge in [0.1, 0.15) is 23.9 Å². The van der Waals surface area contributed by atoms with E-state index < -0.39 is 22.3 Å². The van der Waals surface area contributed by atoms with E-state index in [1.165, 1.54) is 50.2 Å². The maximum Gasteiger partial charge on any atom is 0.350 e. The molecule has 0 radical (unpaired) electrons. The number of benzene rings is 2. The Morgan fingerprint density at radius 1 is 1.29 bits per heavy atom. The van der Waals surface area contributed by atoms with Crippen molar-refractivity contribution in [2.45, 2.75) is 32.7 Å². The van der Waals surface area contributed by atoms with Crippen molar-refractivity contribution in [2.24, 2.45) is 0 Å². The van der Waals surface area contributed by atoms with Gasteiger partial charge in [-0.15, -0.1) is 0 Å². The Bertz CT molecular complexity index is 896. The summed E-state index contributed by atoms with van der Waals surface area (Å²) in [6, 6.07) is 7.88. The SMILES string of the molecule is CC(C)(Oc1ccc(F)cc1)C(=O)OCc1cc([N+](=O)[O-])cc2c1OCOC2. The monoisotopic (exact) mass is 391 g/mol. The summed E-state index contributed by atoms with van der Waals surface area (Å²) in [6.07, 6.45) is 0. The van der Waals surface area contributed by atoms with E-state index in [0.29, 0.717) is 22.6 Å². The number of nitro groups is 1. The van der Waals surface area contributed by atoms with E-state index >= 15 is 0 Å². The van der Waals surface area contributed by atoms with Crippen molar-refractivity contribution in [3.63, 3.8) is 0 Å². The van der Waals surface area contributed by atoms with Crippen molar-refractivity contribution in [1.29, 1.82) is 0 Å². The molecule has 9 heteroatoms. The van der Waals surface area contributed by atoms with Crippen molar-refractivity contribution in [1.82, 2.24) is 0 Å². The second-order valence-corrected chi connectivity index (χ2v) is 6.60. The molecule has 0 aromatic heterocycles. The third-order valence-electron chi connectivity index (χ3n) is 4.02. The first-order valence-corrected chi connectivity index (χ1v) is 8.39. The number of carbonyl (C=O) groups is 1. The molecule has 2 aromatic carbocycles. The lowest BCUT2D eigenvalue weighted by Crippen LogP contribution is -2.39. The predicted molar refractivity (Wildman–Crippen MR) is 94.3 cm³/mol. The van der Waals surface area contributed by atoms with E-state index in [1.54, 1.807) is 0 Å². The highest BCUT2D eigenvalue weighted by Gasteiger charge is 2.32. The molecule has 0 amide bonds. The van der Waals surface area contributed by atoms with Gasteiger partial charge in [0, 0.05) is 23.3 Å². The van der Waals surface area contributed by atoms with Crippen LogP contribution in [-0.4, -0.2) is 23.3 Å². The lowest BCUT2D eigenvalue weighted by Gasteiger charge is -2.25. The highest BCUT2D eigenvalue weighted by atomic mass is 19.1. The number of fused-ring (bicyclic) bond motifs is 1. The van der Waals surface area contributed by atoms with Gasteiger partial charge in [0.2, 0.25) is 0 Å². The molecule has 0 bridgehead atoms. The maximum absolute atomic E-state index is 13.0. The number of esters is 1. The minimum atomic E-state index is -1.36. The maximum atomic E-state index is 13.0. The summed E-state index contributed by atoms with van der Waals surface area (Å²) >= 11 is 0. The van der Waals surface area contributed by atoms with E-state index in [9.17, 15) is 19.3 Å². The molecule has 0 spiro atoms. The normalized spacial score (nSPS) is 13.2. The van der Waals surface area contributed by atoms with E-state index in [-0.39, 0.29) is 25.7 Å². The first-order chi connectivity index (χ1) is 13.3. The van der Waals surface area contributed by atoms with Crippen LogP contribution in [0.15, 0.2) is 36.4 Å². The molecular weight excluding hydrogens is 373 g/mol. The van der Waals surface area contributed by atoms with Gasteiger partial charge in [-0.05, 0) is 38.1 Å². The van der Waals surface area contributed by atoms with Gasteiger partial charge in [-0.2, -0.15) is 0 Å². The number of halogens is 1. The molecule has 3 rings (SSSR count). The minimum Gasteiger partial charge on any atom is -0.476 e. The summed E-state index contributed by atoms with van der Waals surface area (Å²) in [5.41, 5.74) is -0.643. The predicted octanol–water partition coefficient (Wildman–Crippen LogP) is 3.50. The number of hydrogen-bond acceptors (Lipinski definition) is 7. The summed E-state index contributed by atoms with van der Waals surface area (Å²) in [6.45, 7) is 2.94. The average molecular weight is 391 g/mol. The van der Waals surface area contributed by atoms with Gasteiger partial charge in [0.05, 0.1) is 11.5 Å². The summed E-state index contributed by atoms with van der Waals surface area (Å²) in [5, 5.41) is 11.1. The Hall–Kier alpha value is -3.20. The molecule has 1 aliphatic heterocycles. The van der Waals surface area contributed by atoms with Gasteiger partial charge in [-0.3, -0.25) is 10.1 Å². The van der Waals surface area contributed by atoms with Gasteiger partial charge >= 0.3 is 5.97 Å². The molecular formula is C19H18FNO7. The highest BCUT2D eigenvalue weighted by molar-refractivity contribution is 5.79. The van der Waals surface area contributed by atoms with E-state index in [1.807, 2.05) is 0 Å². The molecule has 28 heavy (non-hydrogen) atoms. The van der Waals surface area contributed by atoms with Gasteiger partial charge in [0.25, 0.3) is 5.69 Å². The van der Waals surface area contributed by atoms with Crippen molar-refractivity contribution >= 4 is 11.7 Å². The Balaban J connectivity index is 1.73. The van der Waals surface area contributed by atoms with Crippen molar-refractivity contribution in [3.05, 3.63) is 63.5 Å². The van der Waals surface area contributed by atoms with Crippen LogP contribution in [0.4, 0.5) is 10.1 Å². The van der Waals surface area contributed by atoms with Crippen LogP contribution in [0, 0.1) is 15.9 Å². The van der Waals surface area contributed by atoms with E-state index in [4.69, 9.17) is 18.9 Å². The van der Waals surface area contributed by atoms with Crippen molar-refractivity contribution in [3.8, 4) is 11.5 Å². The van der Waals surface area contributed by atoms with Crippen LogP contribution >= 0.6 is 0 Å².